The normalized spacial score (nSPS) is 9.27. The van der Waals surface area contributed by atoms with E-state index in [2.05, 4.69) is 27.6 Å². The predicted molar refractivity (Wildman–Crippen MR) is 44.1 cm³/mol. The third-order valence-electron chi connectivity index (χ3n) is 0.968. The van der Waals surface area contributed by atoms with Gasteiger partial charge in [-0.15, -0.1) is 0 Å². The molecule has 0 amide bonds. The molecule has 0 rings (SSSR count). The molecule has 0 atom stereocenters. The van der Waals surface area contributed by atoms with Crippen molar-refractivity contribution >= 4 is 27.9 Å². The van der Waals surface area contributed by atoms with E-state index in [0.29, 0.717) is 12.8 Å². The second-order valence-corrected chi connectivity index (χ2v) is 2.50. The van der Waals surface area contributed by atoms with E-state index in [1.807, 2.05) is 0 Å². The molecule has 0 aromatic heterocycles. The van der Waals surface area contributed by atoms with Crippen molar-refractivity contribution < 1.29 is 14.3 Å². The summed E-state index contributed by atoms with van der Waals surface area (Å²) in [7, 11) is 0. The average Bonchev–Trinajstić information content (AvgIpc) is 2.00. The maximum atomic E-state index is 10.7. The standard InChI is InChI=1S/C7H10BrO3/c1-2-3-4-6(9)11-7(10)5-8/h1-5H2. The molecule has 0 saturated heterocycles. The second kappa shape index (κ2) is 6.34. The zero-order valence-corrected chi connectivity index (χ0v) is 7.72. The lowest BCUT2D eigenvalue weighted by atomic mass is 10.2. The summed E-state index contributed by atoms with van der Waals surface area (Å²) in [6, 6.07) is 0. The Hall–Kier alpha value is -0.380. The van der Waals surface area contributed by atoms with Crippen LogP contribution in [-0.2, 0) is 14.3 Å². The van der Waals surface area contributed by atoms with Crippen LogP contribution in [0.1, 0.15) is 19.3 Å². The van der Waals surface area contributed by atoms with Crippen LogP contribution < -0.4 is 0 Å². The van der Waals surface area contributed by atoms with Gasteiger partial charge in [0.2, 0.25) is 0 Å². The smallest absolute Gasteiger partial charge is 0.324 e. The van der Waals surface area contributed by atoms with Crippen molar-refractivity contribution in [1.82, 2.24) is 0 Å². The quantitative estimate of drug-likeness (QED) is 0.410. The molecular formula is C7H10BrO3. The van der Waals surface area contributed by atoms with Crippen LogP contribution in [0, 0.1) is 6.92 Å². The summed E-state index contributed by atoms with van der Waals surface area (Å²) in [5.74, 6) is -1.02. The molecule has 3 nitrogen and oxygen atoms in total. The number of alkyl halides is 1. The van der Waals surface area contributed by atoms with Gasteiger partial charge in [-0.05, 0) is 6.42 Å². The summed E-state index contributed by atoms with van der Waals surface area (Å²) >= 11 is 2.87. The van der Waals surface area contributed by atoms with E-state index in [1.54, 1.807) is 0 Å². The van der Waals surface area contributed by atoms with Crippen molar-refractivity contribution in [2.75, 3.05) is 5.33 Å². The predicted octanol–water partition coefficient (Wildman–Crippen LogP) is 1.46. The minimum atomic E-state index is -0.543. The van der Waals surface area contributed by atoms with E-state index in [9.17, 15) is 9.59 Å². The van der Waals surface area contributed by atoms with Crippen LogP contribution in [0.4, 0.5) is 0 Å². The highest BCUT2D eigenvalue weighted by Gasteiger charge is 2.06. The van der Waals surface area contributed by atoms with Gasteiger partial charge in [0, 0.05) is 6.42 Å². The van der Waals surface area contributed by atoms with Crippen LogP contribution in [0.2, 0.25) is 0 Å². The number of unbranched alkanes of at least 4 members (excludes halogenated alkanes) is 1. The molecule has 0 aliphatic carbocycles. The molecule has 0 saturated carbocycles. The van der Waals surface area contributed by atoms with Crippen molar-refractivity contribution in [1.29, 1.82) is 0 Å². The summed E-state index contributed by atoms with van der Waals surface area (Å²) in [6.07, 6.45) is 1.61. The van der Waals surface area contributed by atoms with Crippen molar-refractivity contribution in [3.8, 4) is 0 Å². The van der Waals surface area contributed by atoms with Crippen molar-refractivity contribution in [3.05, 3.63) is 6.92 Å². The minimum Gasteiger partial charge on any atom is -0.393 e. The summed E-state index contributed by atoms with van der Waals surface area (Å²) in [6.45, 7) is 3.55. The molecule has 0 N–H and O–H groups in total. The van der Waals surface area contributed by atoms with E-state index < -0.39 is 11.9 Å². The Morgan fingerprint density at radius 1 is 1.36 bits per heavy atom. The zero-order chi connectivity index (χ0) is 8.69. The third-order valence-corrected chi connectivity index (χ3v) is 1.43. The van der Waals surface area contributed by atoms with Gasteiger partial charge >= 0.3 is 11.9 Å². The number of halogens is 1. The Kier molecular flexibility index (Phi) is 6.12. The molecule has 4 heteroatoms. The number of carbonyl (C=O) groups excluding carboxylic acids is 2. The van der Waals surface area contributed by atoms with Gasteiger partial charge in [0.1, 0.15) is 5.33 Å². The SMILES string of the molecule is [CH2]CCCC(=O)OC(=O)CBr. The van der Waals surface area contributed by atoms with Gasteiger partial charge in [-0.3, -0.25) is 9.59 Å². The fourth-order valence-electron chi connectivity index (χ4n) is 0.475. The van der Waals surface area contributed by atoms with Gasteiger partial charge in [0.15, 0.2) is 0 Å². The van der Waals surface area contributed by atoms with Crippen LogP contribution in [-0.4, -0.2) is 17.3 Å². The number of hydrogen-bond donors (Lipinski definition) is 0. The molecule has 0 fully saturated rings. The lowest BCUT2D eigenvalue weighted by Gasteiger charge is -1.98. The highest BCUT2D eigenvalue weighted by Crippen LogP contribution is 1.97. The zero-order valence-electron chi connectivity index (χ0n) is 6.14. The first-order chi connectivity index (χ1) is 5.20. The molecule has 11 heavy (non-hydrogen) atoms. The third kappa shape index (κ3) is 6.04. The number of esters is 2. The van der Waals surface area contributed by atoms with Crippen LogP contribution in [0.15, 0.2) is 0 Å². The van der Waals surface area contributed by atoms with Crippen molar-refractivity contribution in [3.63, 3.8) is 0 Å². The van der Waals surface area contributed by atoms with Crippen molar-refractivity contribution in [2.45, 2.75) is 19.3 Å². The molecule has 0 bridgehead atoms. The van der Waals surface area contributed by atoms with E-state index in [1.165, 1.54) is 0 Å². The Labute approximate surface area is 74.2 Å². The lowest BCUT2D eigenvalue weighted by molar-refractivity contribution is -0.157. The number of hydrogen-bond acceptors (Lipinski definition) is 3. The Morgan fingerprint density at radius 3 is 2.45 bits per heavy atom. The average molecular weight is 222 g/mol. The van der Waals surface area contributed by atoms with E-state index in [0.717, 1.165) is 0 Å². The van der Waals surface area contributed by atoms with Crippen LogP contribution >= 0.6 is 15.9 Å². The molecule has 0 aromatic carbocycles. The molecular weight excluding hydrogens is 212 g/mol. The molecule has 1 radical (unpaired) electrons. The Morgan fingerprint density at radius 2 is 2.00 bits per heavy atom. The fourth-order valence-corrected chi connectivity index (χ4v) is 0.589. The highest BCUT2D eigenvalue weighted by atomic mass is 79.9. The van der Waals surface area contributed by atoms with Gasteiger partial charge < -0.3 is 4.74 Å². The second-order valence-electron chi connectivity index (χ2n) is 1.94. The first kappa shape index (κ1) is 10.6. The number of ether oxygens (including phenoxy) is 1. The molecule has 0 heterocycles. The van der Waals surface area contributed by atoms with E-state index in [-0.39, 0.29) is 11.8 Å². The summed E-state index contributed by atoms with van der Waals surface area (Å²) in [4.78, 5) is 21.2. The van der Waals surface area contributed by atoms with Gasteiger partial charge in [0.25, 0.3) is 0 Å². The monoisotopic (exact) mass is 221 g/mol. The number of rotatable bonds is 4. The van der Waals surface area contributed by atoms with E-state index in [4.69, 9.17) is 0 Å². The highest BCUT2D eigenvalue weighted by molar-refractivity contribution is 9.09. The van der Waals surface area contributed by atoms with Crippen LogP contribution in [0.25, 0.3) is 0 Å². The Balaban J connectivity index is 3.44. The molecule has 0 aromatic rings. The van der Waals surface area contributed by atoms with Gasteiger partial charge in [0.05, 0.1) is 0 Å². The fraction of sp³-hybridized carbons (Fsp3) is 0.571. The molecule has 0 spiro atoms. The van der Waals surface area contributed by atoms with E-state index >= 15 is 0 Å². The van der Waals surface area contributed by atoms with Gasteiger partial charge in [-0.1, -0.05) is 29.3 Å². The largest absolute Gasteiger partial charge is 0.393 e. The molecule has 63 valence electrons. The molecule has 0 aliphatic rings. The first-order valence-corrected chi connectivity index (χ1v) is 4.41. The summed E-state index contributed by atoms with van der Waals surface area (Å²) in [5, 5.41) is 0.0586. The summed E-state index contributed by atoms with van der Waals surface area (Å²) in [5.41, 5.74) is 0. The van der Waals surface area contributed by atoms with Crippen molar-refractivity contribution in [2.24, 2.45) is 0 Å². The minimum absolute atomic E-state index is 0.0586. The topological polar surface area (TPSA) is 43.4 Å². The van der Waals surface area contributed by atoms with Gasteiger partial charge in [-0.25, -0.2) is 0 Å². The van der Waals surface area contributed by atoms with Crippen LogP contribution in [0.5, 0.6) is 0 Å². The number of carbonyl (C=O) groups is 2. The van der Waals surface area contributed by atoms with Gasteiger partial charge in [-0.2, -0.15) is 0 Å². The maximum absolute atomic E-state index is 10.7. The molecule has 0 aliphatic heterocycles. The lowest BCUT2D eigenvalue weighted by Crippen LogP contribution is -2.12. The summed E-state index contributed by atoms with van der Waals surface area (Å²) < 4.78 is 4.35. The molecule has 0 unspecified atom stereocenters. The Bertz CT molecular complexity index is 145. The first-order valence-electron chi connectivity index (χ1n) is 3.29. The van der Waals surface area contributed by atoms with Crippen LogP contribution in [0.3, 0.4) is 0 Å². The maximum Gasteiger partial charge on any atom is 0.324 e.